The molecule has 1 saturated heterocycles. The maximum Gasteiger partial charge on any atom is 0.279 e. The SMILES string of the molecule is O=C(NNC(=O)C1CCN(C(=O)c2ccc(F)cc2)CC1)c1ccc(-c2ccc(F)cc2)s1. The molecule has 3 amide bonds. The Kier molecular flexibility index (Phi) is 6.79. The number of nitrogens with zero attached hydrogens (tertiary/aromatic N) is 1. The Morgan fingerprint density at radius 3 is 2.06 bits per heavy atom. The molecule has 1 aromatic heterocycles. The fraction of sp³-hybridized carbons (Fsp3) is 0.208. The molecule has 9 heteroatoms. The van der Waals surface area contributed by atoms with Gasteiger partial charge in [-0.15, -0.1) is 11.3 Å². The van der Waals surface area contributed by atoms with E-state index in [4.69, 9.17) is 0 Å². The number of benzene rings is 2. The number of amides is 3. The molecule has 2 aromatic carbocycles. The fourth-order valence-electron chi connectivity index (χ4n) is 3.63. The first-order chi connectivity index (χ1) is 15.9. The number of hydrogen-bond acceptors (Lipinski definition) is 4. The maximum absolute atomic E-state index is 13.1. The summed E-state index contributed by atoms with van der Waals surface area (Å²) in [6, 6.07) is 14.8. The molecule has 0 spiro atoms. The van der Waals surface area contributed by atoms with Gasteiger partial charge >= 0.3 is 0 Å². The third kappa shape index (κ3) is 5.43. The second-order valence-corrected chi connectivity index (χ2v) is 8.77. The summed E-state index contributed by atoms with van der Waals surface area (Å²) in [7, 11) is 0. The molecule has 3 aromatic rings. The topological polar surface area (TPSA) is 78.5 Å². The molecule has 4 rings (SSSR count). The van der Waals surface area contributed by atoms with Gasteiger partial charge in [-0.05, 0) is 66.9 Å². The van der Waals surface area contributed by atoms with E-state index < -0.39 is 11.7 Å². The molecule has 33 heavy (non-hydrogen) atoms. The van der Waals surface area contributed by atoms with Gasteiger partial charge in [-0.25, -0.2) is 8.78 Å². The minimum Gasteiger partial charge on any atom is -0.339 e. The van der Waals surface area contributed by atoms with E-state index in [-0.39, 0.29) is 23.5 Å². The highest BCUT2D eigenvalue weighted by Gasteiger charge is 2.28. The summed E-state index contributed by atoms with van der Waals surface area (Å²) in [5.74, 6) is -2.02. The maximum atomic E-state index is 13.1. The van der Waals surface area contributed by atoms with Gasteiger partial charge in [0.15, 0.2) is 0 Å². The first-order valence-electron chi connectivity index (χ1n) is 10.4. The van der Waals surface area contributed by atoms with Crippen molar-refractivity contribution in [3.63, 3.8) is 0 Å². The molecular weight excluding hydrogens is 448 g/mol. The number of rotatable bonds is 4. The molecule has 0 aliphatic carbocycles. The molecule has 1 aliphatic rings. The van der Waals surface area contributed by atoms with Gasteiger partial charge in [0, 0.05) is 29.4 Å². The Labute approximate surface area is 193 Å². The molecule has 170 valence electrons. The number of carbonyl (C=O) groups excluding carboxylic acids is 3. The van der Waals surface area contributed by atoms with Gasteiger partial charge in [0.25, 0.3) is 11.8 Å². The summed E-state index contributed by atoms with van der Waals surface area (Å²) in [6.45, 7) is 0.794. The minimum atomic E-state index is -0.439. The van der Waals surface area contributed by atoms with Gasteiger partial charge in [0.05, 0.1) is 4.88 Å². The van der Waals surface area contributed by atoms with Crippen LogP contribution in [0.5, 0.6) is 0 Å². The number of likely N-dealkylation sites (tertiary alicyclic amines) is 1. The van der Waals surface area contributed by atoms with Gasteiger partial charge in [0.2, 0.25) is 5.91 Å². The lowest BCUT2D eigenvalue weighted by molar-refractivity contribution is -0.127. The predicted octanol–water partition coefficient (Wildman–Crippen LogP) is 4.01. The molecule has 1 aliphatic heterocycles. The molecular formula is C24H21F2N3O3S. The van der Waals surface area contributed by atoms with Crippen molar-refractivity contribution in [1.82, 2.24) is 15.8 Å². The van der Waals surface area contributed by atoms with Crippen molar-refractivity contribution in [3.05, 3.63) is 82.7 Å². The predicted molar refractivity (Wildman–Crippen MR) is 120 cm³/mol. The second kappa shape index (κ2) is 9.91. The Hall–Kier alpha value is -3.59. The second-order valence-electron chi connectivity index (χ2n) is 7.69. The molecule has 2 N–H and O–H groups in total. The minimum absolute atomic E-state index is 0.197. The van der Waals surface area contributed by atoms with Gasteiger partial charge < -0.3 is 4.90 Å². The average Bonchev–Trinajstić information content (AvgIpc) is 3.33. The molecule has 6 nitrogen and oxygen atoms in total. The Balaban J connectivity index is 1.26. The lowest BCUT2D eigenvalue weighted by Gasteiger charge is -2.31. The number of nitrogens with one attached hydrogen (secondary N) is 2. The Morgan fingerprint density at radius 1 is 0.818 bits per heavy atom. The summed E-state index contributed by atoms with van der Waals surface area (Å²) in [4.78, 5) is 40.2. The van der Waals surface area contributed by atoms with Gasteiger partial charge in [-0.3, -0.25) is 25.2 Å². The first-order valence-corrected chi connectivity index (χ1v) is 11.2. The zero-order valence-electron chi connectivity index (χ0n) is 17.5. The van der Waals surface area contributed by atoms with Crippen LogP contribution in [0.25, 0.3) is 10.4 Å². The van der Waals surface area contributed by atoms with Gasteiger partial charge in [0.1, 0.15) is 11.6 Å². The monoisotopic (exact) mass is 469 g/mol. The molecule has 1 fully saturated rings. The van der Waals surface area contributed by atoms with Crippen LogP contribution in [0, 0.1) is 17.6 Å². The molecule has 0 bridgehead atoms. The summed E-state index contributed by atoms with van der Waals surface area (Å²) in [5, 5.41) is 0. The molecule has 0 radical (unpaired) electrons. The van der Waals surface area contributed by atoms with Crippen LogP contribution in [0.1, 0.15) is 32.9 Å². The number of thiophene rings is 1. The van der Waals surface area contributed by atoms with E-state index in [1.165, 1.54) is 47.7 Å². The molecule has 2 heterocycles. The van der Waals surface area contributed by atoms with Crippen LogP contribution in [0.4, 0.5) is 8.78 Å². The zero-order valence-corrected chi connectivity index (χ0v) is 18.3. The van der Waals surface area contributed by atoms with E-state index in [0.717, 1.165) is 10.4 Å². The van der Waals surface area contributed by atoms with E-state index >= 15 is 0 Å². The highest BCUT2D eigenvalue weighted by atomic mass is 32.1. The fourth-order valence-corrected chi connectivity index (χ4v) is 4.54. The third-order valence-corrected chi connectivity index (χ3v) is 6.63. The van der Waals surface area contributed by atoms with Crippen molar-refractivity contribution in [1.29, 1.82) is 0 Å². The van der Waals surface area contributed by atoms with Crippen LogP contribution in [0.2, 0.25) is 0 Å². The van der Waals surface area contributed by atoms with Crippen molar-refractivity contribution in [2.45, 2.75) is 12.8 Å². The summed E-state index contributed by atoms with van der Waals surface area (Å²) >= 11 is 1.24. The smallest absolute Gasteiger partial charge is 0.279 e. The molecule has 0 atom stereocenters. The van der Waals surface area contributed by atoms with Gasteiger partial charge in [-0.2, -0.15) is 0 Å². The average molecular weight is 470 g/mol. The van der Waals surface area contributed by atoms with Crippen LogP contribution in [-0.4, -0.2) is 35.7 Å². The van der Waals surface area contributed by atoms with Crippen molar-refractivity contribution in [3.8, 4) is 10.4 Å². The van der Waals surface area contributed by atoms with Crippen LogP contribution in [0.3, 0.4) is 0 Å². The first kappa shape index (κ1) is 22.6. The largest absolute Gasteiger partial charge is 0.339 e. The molecule has 0 saturated carbocycles. The number of carbonyl (C=O) groups is 3. The van der Waals surface area contributed by atoms with Crippen molar-refractivity contribution in [2.24, 2.45) is 5.92 Å². The lowest BCUT2D eigenvalue weighted by Crippen LogP contribution is -2.48. The van der Waals surface area contributed by atoms with Crippen molar-refractivity contribution >= 4 is 29.1 Å². The summed E-state index contributed by atoms with van der Waals surface area (Å²) < 4.78 is 26.1. The number of halogens is 2. The normalized spacial score (nSPS) is 14.1. The quantitative estimate of drug-likeness (QED) is 0.567. The number of piperidine rings is 1. The molecule has 0 unspecified atom stereocenters. The summed E-state index contributed by atoms with van der Waals surface area (Å²) in [5.41, 5.74) is 6.10. The van der Waals surface area contributed by atoms with Crippen LogP contribution in [-0.2, 0) is 4.79 Å². The lowest BCUT2D eigenvalue weighted by atomic mass is 9.95. The number of hydrazine groups is 1. The van der Waals surface area contributed by atoms with Crippen LogP contribution in [0.15, 0.2) is 60.7 Å². The standard InChI is InChI=1S/C24H21F2N3O3S/c25-18-5-1-15(2-6-18)20-9-10-21(33-20)23(31)28-27-22(30)16-11-13-29(14-12-16)24(32)17-3-7-19(26)8-4-17/h1-10,16H,11-14H2,(H,27,30)(H,28,31). The van der Waals surface area contributed by atoms with Crippen LogP contribution >= 0.6 is 11.3 Å². The summed E-state index contributed by atoms with van der Waals surface area (Å²) in [6.07, 6.45) is 0.921. The van der Waals surface area contributed by atoms with Crippen molar-refractivity contribution in [2.75, 3.05) is 13.1 Å². The Bertz CT molecular complexity index is 1150. The van der Waals surface area contributed by atoms with E-state index in [2.05, 4.69) is 10.9 Å². The highest BCUT2D eigenvalue weighted by Crippen LogP contribution is 2.28. The van der Waals surface area contributed by atoms with E-state index in [9.17, 15) is 23.2 Å². The van der Waals surface area contributed by atoms with Gasteiger partial charge in [-0.1, -0.05) is 12.1 Å². The highest BCUT2D eigenvalue weighted by molar-refractivity contribution is 7.17. The van der Waals surface area contributed by atoms with E-state index in [1.807, 2.05) is 0 Å². The number of hydrogen-bond donors (Lipinski definition) is 2. The Morgan fingerprint density at radius 2 is 1.42 bits per heavy atom. The van der Waals surface area contributed by atoms with E-state index in [0.29, 0.717) is 36.4 Å². The van der Waals surface area contributed by atoms with E-state index in [1.54, 1.807) is 29.2 Å². The zero-order chi connectivity index (χ0) is 23.4. The third-order valence-electron chi connectivity index (χ3n) is 5.50. The van der Waals surface area contributed by atoms with Crippen molar-refractivity contribution < 1.29 is 23.2 Å². The van der Waals surface area contributed by atoms with Crippen LogP contribution < -0.4 is 10.9 Å².